The number of nitrogens with zero attached hydrogens (tertiary/aromatic N) is 3. The first-order valence-corrected chi connectivity index (χ1v) is 8.05. The minimum atomic E-state index is -3.87. The molecule has 2 rings (SSSR count). The minimum Gasteiger partial charge on any atom is -0.376 e. The lowest BCUT2D eigenvalue weighted by molar-refractivity contribution is 0.601. The molecule has 0 unspecified atom stereocenters. The normalized spacial score (nSPS) is 10.8. The number of benzene rings is 1. The Bertz CT molecular complexity index is 827. The van der Waals surface area contributed by atoms with E-state index in [4.69, 9.17) is 16.9 Å². The molecule has 22 heavy (non-hydrogen) atoms. The van der Waals surface area contributed by atoms with Gasteiger partial charge in [-0.05, 0) is 30.3 Å². The molecule has 1 heterocycles. The number of aromatic nitrogens is 1. The lowest BCUT2D eigenvalue weighted by atomic mass is 10.2. The molecule has 0 aliphatic heterocycles. The number of halogens is 1. The Morgan fingerprint density at radius 3 is 2.50 bits per heavy atom. The zero-order valence-electron chi connectivity index (χ0n) is 11.9. The summed E-state index contributed by atoms with van der Waals surface area (Å²) >= 11 is 5.93. The van der Waals surface area contributed by atoms with Crippen molar-refractivity contribution in [1.29, 1.82) is 5.26 Å². The summed E-state index contributed by atoms with van der Waals surface area (Å²) in [6, 6.07) is 9.18. The van der Waals surface area contributed by atoms with Crippen LogP contribution in [-0.2, 0) is 10.0 Å². The van der Waals surface area contributed by atoms with E-state index in [0.29, 0.717) is 0 Å². The summed E-state index contributed by atoms with van der Waals surface area (Å²) in [6.07, 6.45) is 1.55. The Kier molecular flexibility index (Phi) is 4.54. The second-order valence-corrected chi connectivity index (χ2v) is 6.72. The first-order valence-electron chi connectivity index (χ1n) is 6.19. The van der Waals surface area contributed by atoms with E-state index < -0.39 is 10.0 Å². The van der Waals surface area contributed by atoms with Gasteiger partial charge in [0.25, 0.3) is 10.0 Å². The van der Waals surface area contributed by atoms with Crippen LogP contribution in [0.1, 0.15) is 5.56 Å². The highest BCUT2D eigenvalue weighted by molar-refractivity contribution is 7.92. The second-order valence-electron chi connectivity index (χ2n) is 4.66. The van der Waals surface area contributed by atoms with E-state index >= 15 is 0 Å². The van der Waals surface area contributed by atoms with Crippen molar-refractivity contribution >= 4 is 33.1 Å². The van der Waals surface area contributed by atoms with Crippen molar-refractivity contribution in [3.05, 3.63) is 47.1 Å². The number of anilines is 2. The van der Waals surface area contributed by atoms with Gasteiger partial charge in [0.1, 0.15) is 10.7 Å². The van der Waals surface area contributed by atoms with Crippen molar-refractivity contribution in [2.45, 2.75) is 4.90 Å². The molecule has 0 aliphatic carbocycles. The van der Waals surface area contributed by atoms with Gasteiger partial charge < -0.3 is 4.90 Å². The van der Waals surface area contributed by atoms with Crippen molar-refractivity contribution in [2.24, 2.45) is 0 Å². The smallest absolute Gasteiger partial charge is 0.264 e. The number of nitriles is 1. The summed E-state index contributed by atoms with van der Waals surface area (Å²) in [5.74, 6) is 0.186. The van der Waals surface area contributed by atoms with Crippen LogP contribution in [0.15, 0.2) is 41.4 Å². The lowest BCUT2D eigenvalue weighted by Crippen LogP contribution is -2.15. The van der Waals surface area contributed by atoms with Gasteiger partial charge in [-0.25, -0.2) is 13.4 Å². The maximum Gasteiger partial charge on any atom is 0.264 e. The minimum absolute atomic E-state index is 0.0172. The average molecular weight is 337 g/mol. The van der Waals surface area contributed by atoms with Crippen LogP contribution in [0.4, 0.5) is 11.5 Å². The molecule has 114 valence electrons. The number of rotatable bonds is 4. The fourth-order valence-electron chi connectivity index (χ4n) is 1.69. The van der Waals surface area contributed by atoms with Gasteiger partial charge in [-0.15, -0.1) is 0 Å². The van der Waals surface area contributed by atoms with Crippen molar-refractivity contribution < 1.29 is 8.42 Å². The number of hydrogen-bond acceptors (Lipinski definition) is 5. The Labute approximate surface area is 134 Å². The van der Waals surface area contributed by atoms with Gasteiger partial charge >= 0.3 is 0 Å². The standard InChI is InChI=1S/C14H13ClN4O2S/c1-19(2)11-4-6-14(17-9-11)18-22(20,21)13-5-3-10(8-16)7-12(13)15/h3-7,9H,1-2H3,(H,17,18). The molecule has 0 fully saturated rings. The van der Waals surface area contributed by atoms with Crippen LogP contribution in [0.2, 0.25) is 5.02 Å². The van der Waals surface area contributed by atoms with Crippen molar-refractivity contribution in [1.82, 2.24) is 4.98 Å². The summed E-state index contributed by atoms with van der Waals surface area (Å²) in [4.78, 5) is 5.79. The molecule has 0 atom stereocenters. The molecule has 1 aromatic carbocycles. The molecule has 0 spiro atoms. The Balaban J connectivity index is 2.30. The highest BCUT2D eigenvalue weighted by Crippen LogP contribution is 2.24. The molecule has 1 N–H and O–H groups in total. The van der Waals surface area contributed by atoms with Gasteiger partial charge in [-0.3, -0.25) is 4.72 Å². The summed E-state index contributed by atoms with van der Waals surface area (Å²) < 4.78 is 27.0. The van der Waals surface area contributed by atoms with Crippen LogP contribution >= 0.6 is 11.6 Å². The lowest BCUT2D eigenvalue weighted by Gasteiger charge is -2.13. The fourth-order valence-corrected chi connectivity index (χ4v) is 3.25. The van der Waals surface area contributed by atoms with Crippen molar-refractivity contribution in [3.63, 3.8) is 0 Å². The molecule has 6 nitrogen and oxygen atoms in total. The van der Waals surface area contributed by atoms with Crippen LogP contribution in [0.3, 0.4) is 0 Å². The molecular weight excluding hydrogens is 324 g/mol. The quantitative estimate of drug-likeness (QED) is 0.926. The Morgan fingerprint density at radius 2 is 2.00 bits per heavy atom. The predicted molar refractivity (Wildman–Crippen MR) is 85.5 cm³/mol. The van der Waals surface area contributed by atoms with Crippen LogP contribution < -0.4 is 9.62 Å². The molecule has 1 aromatic heterocycles. The van der Waals surface area contributed by atoms with Crippen molar-refractivity contribution in [3.8, 4) is 6.07 Å². The zero-order valence-corrected chi connectivity index (χ0v) is 13.5. The van der Waals surface area contributed by atoms with Gasteiger partial charge in [0.15, 0.2) is 0 Å². The molecular formula is C14H13ClN4O2S. The third-order valence-electron chi connectivity index (χ3n) is 2.85. The van der Waals surface area contributed by atoms with E-state index in [0.717, 1.165) is 5.69 Å². The topological polar surface area (TPSA) is 86.1 Å². The maximum atomic E-state index is 12.3. The molecule has 0 amide bonds. The average Bonchev–Trinajstić information content (AvgIpc) is 2.46. The third kappa shape index (κ3) is 3.47. The highest BCUT2D eigenvalue weighted by Gasteiger charge is 2.19. The Morgan fingerprint density at radius 1 is 1.27 bits per heavy atom. The molecule has 0 saturated heterocycles. The fraction of sp³-hybridized carbons (Fsp3) is 0.143. The van der Waals surface area contributed by atoms with Gasteiger partial charge in [0.05, 0.1) is 28.5 Å². The van der Waals surface area contributed by atoms with Crippen LogP contribution in [-0.4, -0.2) is 27.5 Å². The van der Waals surface area contributed by atoms with Gasteiger partial charge in [-0.1, -0.05) is 11.6 Å². The SMILES string of the molecule is CN(C)c1ccc(NS(=O)(=O)c2ccc(C#N)cc2Cl)nc1. The number of pyridine rings is 1. The molecule has 2 aromatic rings. The van der Waals surface area contributed by atoms with Crippen LogP contribution in [0.25, 0.3) is 0 Å². The van der Waals surface area contributed by atoms with Crippen LogP contribution in [0, 0.1) is 11.3 Å². The number of hydrogen-bond donors (Lipinski definition) is 1. The zero-order chi connectivity index (χ0) is 16.3. The molecule has 0 saturated carbocycles. The van der Waals surface area contributed by atoms with Gasteiger partial charge in [0.2, 0.25) is 0 Å². The van der Waals surface area contributed by atoms with Gasteiger partial charge in [-0.2, -0.15) is 5.26 Å². The van der Waals surface area contributed by atoms with Crippen molar-refractivity contribution in [2.75, 3.05) is 23.7 Å². The van der Waals surface area contributed by atoms with E-state index in [9.17, 15) is 8.42 Å². The molecule has 8 heteroatoms. The summed E-state index contributed by atoms with van der Waals surface area (Å²) in [7, 11) is -0.153. The third-order valence-corrected chi connectivity index (χ3v) is 4.69. The summed E-state index contributed by atoms with van der Waals surface area (Å²) in [6.45, 7) is 0. The van der Waals surface area contributed by atoms with E-state index in [1.165, 1.54) is 18.2 Å². The van der Waals surface area contributed by atoms with Crippen LogP contribution in [0.5, 0.6) is 0 Å². The molecule has 0 radical (unpaired) electrons. The first kappa shape index (κ1) is 16.1. The van der Waals surface area contributed by atoms with E-state index in [2.05, 4.69) is 9.71 Å². The number of nitrogens with one attached hydrogen (secondary N) is 1. The summed E-state index contributed by atoms with van der Waals surface area (Å²) in [5.41, 5.74) is 1.14. The molecule has 0 aliphatic rings. The van der Waals surface area contributed by atoms with E-state index in [1.54, 1.807) is 18.3 Å². The van der Waals surface area contributed by atoms with E-state index in [1.807, 2.05) is 25.1 Å². The highest BCUT2D eigenvalue weighted by atomic mass is 35.5. The van der Waals surface area contributed by atoms with Gasteiger partial charge in [0, 0.05) is 14.1 Å². The largest absolute Gasteiger partial charge is 0.376 e. The second kappa shape index (κ2) is 6.22. The first-order chi connectivity index (χ1) is 10.3. The monoisotopic (exact) mass is 336 g/mol. The molecule has 0 bridgehead atoms. The Hall–Kier alpha value is -2.30. The predicted octanol–water partition coefficient (Wildman–Crippen LogP) is 2.47. The maximum absolute atomic E-state index is 12.3. The van der Waals surface area contributed by atoms with E-state index in [-0.39, 0.29) is 21.3 Å². The number of sulfonamides is 1. The summed E-state index contributed by atoms with van der Waals surface area (Å²) in [5, 5.41) is 8.76.